The summed E-state index contributed by atoms with van der Waals surface area (Å²) in [4.78, 5) is 0. The van der Waals surface area contributed by atoms with Crippen molar-refractivity contribution in [3.05, 3.63) is 41.5 Å². The van der Waals surface area contributed by atoms with Gasteiger partial charge in [0, 0.05) is 0 Å². The lowest BCUT2D eigenvalue weighted by molar-refractivity contribution is 0.159. The number of ether oxygens (including phenoxy) is 1. The van der Waals surface area contributed by atoms with Crippen LogP contribution in [0.2, 0.25) is 0 Å². The summed E-state index contributed by atoms with van der Waals surface area (Å²) in [7, 11) is 1.72. The monoisotopic (exact) mass is 282 g/mol. The highest BCUT2D eigenvalue weighted by Crippen LogP contribution is 2.56. The molecular formula is C19H22O2. The van der Waals surface area contributed by atoms with Gasteiger partial charge in [0.15, 0.2) is 0 Å². The van der Waals surface area contributed by atoms with Gasteiger partial charge in [-0.3, -0.25) is 0 Å². The van der Waals surface area contributed by atoms with E-state index in [9.17, 15) is 5.11 Å². The number of fused-ring (bicyclic) bond motifs is 5. The van der Waals surface area contributed by atoms with E-state index in [-0.39, 0.29) is 11.5 Å². The predicted octanol–water partition coefficient (Wildman–Crippen LogP) is 4.04. The van der Waals surface area contributed by atoms with Gasteiger partial charge >= 0.3 is 0 Å². The molecule has 1 saturated carbocycles. The van der Waals surface area contributed by atoms with E-state index in [0.717, 1.165) is 25.0 Å². The number of aliphatic hydroxyl groups excluding tert-OH is 1. The summed E-state index contributed by atoms with van der Waals surface area (Å²) in [5.74, 6) is 1.43. The van der Waals surface area contributed by atoms with Gasteiger partial charge < -0.3 is 9.84 Å². The number of hydrogen-bond acceptors (Lipinski definition) is 2. The lowest BCUT2D eigenvalue weighted by Crippen LogP contribution is -2.26. The van der Waals surface area contributed by atoms with Gasteiger partial charge in [-0.1, -0.05) is 25.1 Å². The molecule has 2 aromatic carbocycles. The van der Waals surface area contributed by atoms with E-state index in [1.165, 1.54) is 28.3 Å². The van der Waals surface area contributed by atoms with Crippen LogP contribution in [-0.4, -0.2) is 18.3 Å². The van der Waals surface area contributed by atoms with Crippen LogP contribution in [0, 0.1) is 5.41 Å². The Balaban J connectivity index is 1.91. The molecule has 0 heterocycles. The number of aryl methyl sites for hydroxylation is 1. The number of aliphatic hydroxyl groups is 1. The van der Waals surface area contributed by atoms with Crippen LogP contribution < -0.4 is 4.74 Å². The molecule has 2 aliphatic carbocycles. The second-order valence-corrected chi connectivity index (χ2v) is 7.02. The number of hydrogen-bond donors (Lipinski definition) is 1. The lowest BCUT2D eigenvalue weighted by atomic mass is 9.66. The third-order valence-corrected chi connectivity index (χ3v) is 5.75. The highest BCUT2D eigenvalue weighted by atomic mass is 16.5. The van der Waals surface area contributed by atoms with E-state index in [4.69, 9.17) is 4.74 Å². The summed E-state index contributed by atoms with van der Waals surface area (Å²) in [6.07, 6.45) is 4.02. The van der Waals surface area contributed by atoms with Crippen LogP contribution in [0.4, 0.5) is 0 Å². The first-order chi connectivity index (χ1) is 10.1. The Kier molecular flexibility index (Phi) is 2.80. The van der Waals surface area contributed by atoms with Gasteiger partial charge in [0.1, 0.15) is 5.75 Å². The first-order valence-electron chi connectivity index (χ1n) is 7.88. The van der Waals surface area contributed by atoms with E-state index >= 15 is 0 Å². The van der Waals surface area contributed by atoms with Crippen molar-refractivity contribution in [3.8, 4) is 5.75 Å². The van der Waals surface area contributed by atoms with Crippen molar-refractivity contribution in [2.45, 2.75) is 44.6 Å². The molecule has 0 unspecified atom stereocenters. The Hall–Kier alpha value is -1.54. The summed E-state index contributed by atoms with van der Waals surface area (Å²) in [6.45, 7) is 2.35. The zero-order chi connectivity index (χ0) is 14.6. The Morgan fingerprint density at radius 1 is 1.24 bits per heavy atom. The van der Waals surface area contributed by atoms with Crippen molar-refractivity contribution in [2.24, 2.45) is 5.41 Å². The molecule has 21 heavy (non-hydrogen) atoms. The molecule has 3 atom stereocenters. The Morgan fingerprint density at radius 3 is 2.86 bits per heavy atom. The molecule has 0 saturated heterocycles. The number of rotatable bonds is 1. The summed E-state index contributed by atoms with van der Waals surface area (Å²) in [6, 6.07) is 10.9. The molecule has 2 aliphatic rings. The van der Waals surface area contributed by atoms with Crippen LogP contribution in [0.5, 0.6) is 5.75 Å². The molecule has 2 aromatic rings. The van der Waals surface area contributed by atoms with E-state index < -0.39 is 0 Å². The minimum atomic E-state index is -0.132. The van der Waals surface area contributed by atoms with Crippen molar-refractivity contribution in [2.75, 3.05) is 7.11 Å². The molecule has 0 spiro atoms. The Labute approximate surface area is 125 Å². The molecule has 0 aliphatic heterocycles. The summed E-state index contributed by atoms with van der Waals surface area (Å²) in [5, 5.41) is 12.7. The minimum absolute atomic E-state index is 0.132. The second-order valence-electron chi connectivity index (χ2n) is 7.02. The lowest BCUT2D eigenvalue weighted by Gasteiger charge is -2.38. The van der Waals surface area contributed by atoms with E-state index in [1.807, 2.05) is 6.07 Å². The molecule has 2 nitrogen and oxygen atoms in total. The van der Waals surface area contributed by atoms with E-state index in [0.29, 0.717) is 5.92 Å². The van der Waals surface area contributed by atoms with Crippen LogP contribution >= 0.6 is 0 Å². The fourth-order valence-electron chi connectivity index (χ4n) is 4.62. The minimum Gasteiger partial charge on any atom is -0.497 e. The summed E-state index contributed by atoms with van der Waals surface area (Å²) in [5.41, 5.74) is 3.21. The van der Waals surface area contributed by atoms with Gasteiger partial charge in [0.2, 0.25) is 0 Å². The van der Waals surface area contributed by atoms with Gasteiger partial charge in [-0.15, -0.1) is 0 Å². The molecule has 2 heteroatoms. The molecule has 1 fully saturated rings. The fourth-order valence-corrected chi connectivity index (χ4v) is 4.62. The Morgan fingerprint density at radius 2 is 2.05 bits per heavy atom. The van der Waals surface area contributed by atoms with Crippen molar-refractivity contribution < 1.29 is 9.84 Å². The number of methoxy groups -OCH3 is 1. The van der Waals surface area contributed by atoms with Crippen LogP contribution in [0.25, 0.3) is 10.8 Å². The van der Waals surface area contributed by atoms with Gasteiger partial charge in [0.05, 0.1) is 13.2 Å². The van der Waals surface area contributed by atoms with Crippen LogP contribution in [0.15, 0.2) is 30.3 Å². The predicted molar refractivity (Wildman–Crippen MR) is 84.9 cm³/mol. The topological polar surface area (TPSA) is 29.5 Å². The van der Waals surface area contributed by atoms with Crippen LogP contribution in [-0.2, 0) is 6.42 Å². The molecule has 1 N–H and O–H groups in total. The van der Waals surface area contributed by atoms with Crippen LogP contribution in [0.3, 0.4) is 0 Å². The SMILES string of the molecule is COc1ccc2ccc3c(c2c1)CC[C@]1(C)C[C@H](O)C[C@@H]31. The smallest absolute Gasteiger partial charge is 0.119 e. The van der Waals surface area contributed by atoms with Crippen molar-refractivity contribution in [1.82, 2.24) is 0 Å². The number of benzene rings is 2. The summed E-state index contributed by atoms with van der Waals surface area (Å²) >= 11 is 0. The van der Waals surface area contributed by atoms with Crippen molar-refractivity contribution in [3.63, 3.8) is 0 Å². The van der Waals surface area contributed by atoms with E-state index in [1.54, 1.807) is 7.11 Å². The third kappa shape index (κ3) is 1.89. The average Bonchev–Trinajstić information content (AvgIpc) is 2.80. The highest BCUT2D eigenvalue weighted by Gasteiger charge is 2.46. The van der Waals surface area contributed by atoms with Gasteiger partial charge in [0.25, 0.3) is 0 Å². The molecule has 0 amide bonds. The maximum atomic E-state index is 10.1. The summed E-state index contributed by atoms with van der Waals surface area (Å²) < 4.78 is 5.40. The fraction of sp³-hybridized carbons (Fsp3) is 0.474. The Bertz CT molecular complexity index is 706. The average molecular weight is 282 g/mol. The maximum Gasteiger partial charge on any atom is 0.119 e. The second kappa shape index (κ2) is 4.48. The quantitative estimate of drug-likeness (QED) is 0.855. The highest BCUT2D eigenvalue weighted by molar-refractivity contribution is 5.88. The molecular weight excluding hydrogens is 260 g/mol. The normalized spacial score (nSPS) is 31.0. The standard InChI is InChI=1S/C19H22O2/c1-19-8-7-15-16(18(19)9-13(20)11-19)6-4-12-3-5-14(21-2)10-17(12)15/h3-6,10,13,18,20H,7-9,11H2,1-2H3/t13-,18+,19-/m1/s1. The first-order valence-corrected chi connectivity index (χ1v) is 7.88. The first kappa shape index (κ1) is 13.1. The molecule has 0 bridgehead atoms. The zero-order valence-corrected chi connectivity index (χ0v) is 12.7. The van der Waals surface area contributed by atoms with Crippen molar-refractivity contribution in [1.29, 1.82) is 0 Å². The van der Waals surface area contributed by atoms with Gasteiger partial charge in [-0.05, 0) is 71.0 Å². The van der Waals surface area contributed by atoms with Gasteiger partial charge in [-0.2, -0.15) is 0 Å². The molecule has 110 valence electrons. The third-order valence-electron chi connectivity index (χ3n) is 5.75. The van der Waals surface area contributed by atoms with E-state index in [2.05, 4.69) is 31.2 Å². The van der Waals surface area contributed by atoms with Gasteiger partial charge in [-0.25, -0.2) is 0 Å². The van der Waals surface area contributed by atoms with Crippen LogP contribution in [0.1, 0.15) is 43.2 Å². The maximum absolute atomic E-state index is 10.1. The zero-order valence-electron chi connectivity index (χ0n) is 12.7. The largest absolute Gasteiger partial charge is 0.497 e. The molecule has 4 rings (SSSR count). The van der Waals surface area contributed by atoms with Crippen molar-refractivity contribution >= 4 is 10.8 Å². The molecule has 0 radical (unpaired) electrons. The molecule has 0 aromatic heterocycles.